The van der Waals surface area contributed by atoms with Crippen molar-refractivity contribution in [1.82, 2.24) is 19.9 Å². The van der Waals surface area contributed by atoms with E-state index in [0.29, 0.717) is 18.0 Å². The van der Waals surface area contributed by atoms with Crippen molar-refractivity contribution in [3.63, 3.8) is 0 Å². The highest BCUT2D eigenvalue weighted by molar-refractivity contribution is 6.18. The van der Waals surface area contributed by atoms with Gasteiger partial charge in [0.2, 0.25) is 5.95 Å². The molecule has 0 spiro atoms. The highest BCUT2D eigenvalue weighted by Crippen LogP contribution is 2.35. The molecule has 0 aromatic carbocycles. The number of hydrogen-bond acceptors (Lipinski definition) is 7. The molecule has 3 heterocycles. The van der Waals surface area contributed by atoms with Crippen molar-refractivity contribution < 1.29 is 26.7 Å². The number of alkyl halides is 5. The van der Waals surface area contributed by atoms with Crippen LogP contribution in [0.4, 0.5) is 27.9 Å². The van der Waals surface area contributed by atoms with Gasteiger partial charge in [0.15, 0.2) is 0 Å². The number of rotatable bonds is 6. The number of nitrogens with zero attached hydrogens (tertiary/aromatic N) is 5. The van der Waals surface area contributed by atoms with Gasteiger partial charge in [0, 0.05) is 62.2 Å². The number of halogens is 5. The molecule has 13 heteroatoms. The van der Waals surface area contributed by atoms with Gasteiger partial charge in [-0.3, -0.25) is 14.8 Å². The third-order valence-electron chi connectivity index (χ3n) is 5.54. The molecule has 35 heavy (non-hydrogen) atoms. The van der Waals surface area contributed by atoms with Crippen LogP contribution in [0.2, 0.25) is 0 Å². The van der Waals surface area contributed by atoms with Gasteiger partial charge in [0.05, 0.1) is 18.2 Å². The maximum Gasteiger partial charge on any atom is 0.419 e. The summed E-state index contributed by atoms with van der Waals surface area (Å²) in [6.45, 7) is 0.606. The minimum Gasteiger partial charge on any atom is -0.394 e. The van der Waals surface area contributed by atoms with E-state index >= 15 is 0 Å². The molecule has 1 amide bonds. The fraction of sp³-hybridized carbons (Fsp3) is 0.409. The lowest BCUT2D eigenvalue weighted by atomic mass is 9.88. The zero-order chi connectivity index (χ0) is 25.8. The van der Waals surface area contributed by atoms with Crippen molar-refractivity contribution in [3.8, 4) is 0 Å². The summed E-state index contributed by atoms with van der Waals surface area (Å²) in [7, 11) is 1.47. The number of pyridine rings is 1. The predicted octanol–water partition coefficient (Wildman–Crippen LogP) is 3.25. The Hall–Kier alpha value is -3.64. The molecular formula is C22H24F5N7O. The van der Waals surface area contributed by atoms with Crippen LogP contribution in [0.3, 0.4) is 0 Å². The van der Waals surface area contributed by atoms with Crippen molar-refractivity contribution in [2.75, 3.05) is 25.5 Å². The lowest BCUT2D eigenvalue weighted by molar-refractivity contribution is -0.148. The Labute approximate surface area is 198 Å². The lowest BCUT2D eigenvalue weighted by Gasteiger charge is -2.43. The van der Waals surface area contributed by atoms with Crippen molar-refractivity contribution >= 4 is 23.6 Å². The minimum absolute atomic E-state index is 0.0777. The van der Waals surface area contributed by atoms with Gasteiger partial charge >= 0.3 is 6.18 Å². The van der Waals surface area contributed by atoms with Gasteiger partial charge in [-0.2, -0.15) is 13.2 Å². The second-order valence-electron chi connectivity index (χ2n) is 8.17. The zero-order valence-electron chi connectivity index (χ0n) is 18.9. The first-order valence-corrected chi connectivity index (χ1v) is 10.6. The first-order valence-electron chi connectivity index (χ1n) is 10.6. The number of carbonyl (C=O) groups is 1. The van der Waals surface area contributed by atoms with E-state index in [-0.39, 0.29) is 23.8 Å². The molecule has 1 fully saturated rings. The van der Waals surface area contributed by atoms with E-state index < -0.39 is 48.5 Å². The molecule has 2 aromatic heterocycles. The Kier molecular flexibility index (Phi) is 7.66. The fourth-order valence-electron chi connectivity index (χ4n) is 3.86. The van der Waals surface area contributed by atoms with Crippen LogP contribution >= 0.6 is 0 Å². The SMILES string of the molecule is CN=CC(=C(N)C(=O)N1CC(F)(F)CC(C)[C@H]1CNc1ncc(C(F)(F)F)cn1)c1cccnc1. The Balaban J connectivity index is 1.88. The molecule has 1 aliphatic heterocycles. The van der Waals surface area contributed by atoms with Gasteiger partial charge in [-0.1, -0.05) is 13.0 Å². The molecule has 1 aliphatic rings. The largest absolute Gasteiger partial charge is 0.419 e. The quantitative estimate of drug-likeness (QED) is 0.360. The molecule has 2 aromatic rings. The summed E-state index contributed by atoms with van der Waals surface area (Å²) in [5, 5.41) is 2.74. The smallest absolute Gasteiger partial charge is 0.394 e. The maximum atomic E-state index is 14.5. The molecule has 3 N–H and O–H groups in total. The summed E-state index contributed by atoms with van der Waals surface area (Å²) in [5.74, 6) is -4.77. The maximum absolute atomic E-state index is 14.5. The first-order chi connectivity index (χ1) is 16.4. The fourth-order valence-corrected chi connectivity index (χ4v) is 3.86. The third kappa shape index (κ3) is 6.28. The number of carbonyl (C=O) groups excluding carboxylic acids is 1. The van der Waals surface area contributed by atoms with E-state index in [9.17, 15) is 26.7 Å². The molecule has 0 radical (unpaired) electrons. The number of amides is 1. The average Bonchev–Trinajstić information content (AvgIpc) is 2.80. The number of nitrogens with two attached hydrogens (primary N) is 1. The van der Waals surface area contributed by atoms with Gasteiger partial charge in [-0.05, 0) is 12.0 Å². The van der Waals surface area contributed by atoms with Crippen molar-refractivity contribution in [2.45, 2.75) is 31.5 Å². The van der Waals surface area contributed by atoms with Crippen LogP contribution < -0.4 is 11.1 Å². The van der Waals surface area contributed by atoms with Gasteiger partial charge in [-0.15, -0.1) is 0 Å². The lowest BCUT2D eigenvalue weighted by Crippen LogP contribution is -2.58. The zero-order valence-corrected chi connectivity index (χ0v) is 18.9. The molecule has 8 nitrogen and oxygen atoms in total. The summed E-state index contributed by atoms with van der Waals surface area (Å²) < 4.78 is 67.1. The van der Waals surface area contributed by atoms with Crippen LogP contribution in [0.1, 0.15) is 24.5 Å². The first kappa shape index (κ1) is 26.0. The Morgan fingerprint density at radius 3 is 2.57 bits per heavy atom. The number of aromatic nitrogens is 3. The number of aliphatic imine (C=N–C) groups is 1. The second-order valence-corrected chi connectivity index (χ2v) is 8.17. The predicted molar refractivity (Wildman–Crippen MR) is 120 cm³/mol. The minimum atomic E-state index is -4.59. The Bertz CT molecular complexity index is 1090. The molecule has 1 unspecified atom stereocenters. The van der Waals surface area contributed by atoms with Crippen LogP contribution in [0.5, 0.6) is 0 Å². The normalized spacial score (nSPS) is 21.1. The summed E-state index contributed by atoms with van der Waals surface area (Å²) in [4.78, 5) is 29.5. The third-order valence-corrected chi connectivity index (χ3v) is 5.54. The standard InChI is InChI=1S/C22H24F5N7O/c1-13-6-21(23,24)12-34(17(13)11-33-20-31-8-15(9-32-20)22(25,26)27)19(35)18(28)16(10-29-2)14-4-3-5-30-7-14/h3-5,7-10,13,17H,6,11-12,28H2,1-2H3,(H,31,32,33)/t13?,17-/m1/s1. The molecule has 1 saturated heterocycles. The van der Waals surface area contributed by atoms with E-state index in [2.05, 4.69) is 25.3 Å². The summed E-state index contributed by atoms with van der Waals surface area (Å²) in [5.41, 5.74) is 5.54. The average molecular weight is 497 g/mol. The summed E-state index contributed by atoms with van der Waals surface area (Å²) >= 11 is 0. The van der Waals surface area contributed by atoms with Crippen molar-refractivity contribution in [2.24, 2.45) is 16.6 Å². The monoisotopic (exact) mass is 497 g/mol. The number of hydrogen-bond donors (Lipinski definition) is 2. The van der Waals surface area contributed by atoms with E-state index in [4.69, 9.17) is 5.73 Å². The van der Waals surface area contributed by atoms with Gasteiger partial charge in [0.25, 0.3) is 11.8 Å². The number of nitrogens with one attached hydrogen (secondary N) is 1. The number of likely N-dealkylation sites (tertiary alicyclic amines) is 1. The van der Waals surface area contributed by atoms with E-state index in [1.165, 1.54) is 25.7 Å². The second kappa shape index (κ2) is 10.3. The molecule has 0 bridgehead atoms. The van der Waals surface area contributed by atoms with Gasteiger partial charge < -0.3 is 16.0 Å². The highest BCUT2D eigenvalue weighted by atomic mass is 19.4. The van der Waals surface area contributed by atoms with Crippen LogP contribution in [0, 0.1) is 5.92 Å². The number of piperidine rings is 1. The van der Waals surface area contributed by atoms with E-state index in [0.717, 1.165) is 4.90 Å². The molecule has 3 rings (SSSR count). The van der Waals surface area contributed by atoms with Crippen molar-refractivity contribution in [1.29, 1.82) is 0 Å². The van der Waals surface area contributed by atoms with Crippen molar-refractivity contribution in [3.05, 3.63) is 53.7 Å². The summed E-state index contributed by atoms with van der Waals surface area (Å²) in [6, 6.07) is 2.52. The molecule has 188 valence electrons. The molecule has 0 aliphatic carbocycles. The summed E-state index contributed by atoms with van der Waals surface area (Å²) in [6.07, 6.45) is 0.490. The van der Waals surface area contributed by atoms with E-state index in [1.807, 2.05) is 0 Å². The molecule has 2 atom stereocenters. The van der Waals surface area contributed by atoms with Gasteiger partial charge in [0.1, 0.15) is 5.70 Å². The van der Waals surface area contributed by atoms with Crippen LogP contribution in [0.15, 0.2) is 47.6 Å². The van der Waals surface area contributed by atoms with Crippen LogP contribution in [-0.4, -0.2) is 64.1 Å². The number of allylic oxidation sites excluding steroid dienone is 1. The molecule has 0 saturated carbocycles. The molecular weight excluding hydrogens is 473 g/mol. The Morgan fingerprint density at radius 2 is 2.00 bits per heavy atom. The topological polar surface area (TPSA) is 109 Å². The van der Waals surface area contributed by atoms with Crippen LogP contribution in [0.25, 0.3) is 5.57 Å². The van der Waals surface area contributed by atoms with E-state index in [1.54, 1.807) is 19.1 Å². The Morgan fingerprint density at radius 1 is 1.31 bits per heavy atom. The van der Waals surface area contributed by atoms with Crippen LogP contribution in [-0.2, 0) is 11.0 Å². The van der Waals surface area contributed by atoms with Gasteiger partial charge in [-0.25, -0.2) is 18.7 Å². The highest BCUT2D eigenvalue weighted by Gasteiger charge is 2.46. The number of anilines is 1.